The van der Waals surface area contributed by atoms with Crippen LogP contribution in [0.25, 0.3) is 0 Å². The zero-order valence-corrected chi connectivity index (χ0v) is 24.9. The Hall–Kier alpha value is -4.05. The van der Waals surface area contributed by atoms with Gasteiger partial charge >= 0.3 is 0 Å². The van der Waals surface area contributed by atoms with Gasteiger partial charge in [-0.25, -0.2) is 8.42 Å². The third kappa shape index (κ3) is 8.23. The van der Waals surface area contributed by atoms with Crippen molar-refractivity contribution in [3.63, 3.8) is 0 Å². The molecular formula is C31H39N3O6S. The average Bonchev–Trinajstić information content (AvgIpc) is 3.00. The van der Waals surface area contributed by atoms with E-state index in [2.05, 4.69) is 5.32 Å². The molecule has 1 N–H and O–H groups in total. The number of hydrogen-bond acceptors (Lipinski definition) is 6. The van der Waals surface area contributed by atoms with E-state index in [4.69, 9.17) is 9.47 Å². The fraction of sp³-hybridized carbons (Fsp3) is 0.355. The molecule has 10 heteroatoms. The first-order chi connectivity index (χ1) is 19.7. The van der Waals surface area contributed by atoms with Crippen molar-refractivity contribution in [1.29, 1.82) is 0 Å². The van der Waals surface area contributed by atoms with E-state index in [1.807, 2.05) is 37.3 Å². The number of anilines is 1. The molecule has 0 fully saturated rings. The molecule has 0 aliphatic carbocycles. The molecule has 0 radical (unpaired) electrons. The minimum absolute atomic E-state index is 0.0156. The van der Waals surface area contributed by atoms with Crippen LogP contribution in [0.1, 0.15) is 32.3 Å². The van der Waals surface area contributed by atoms with Gasteiger partial charge < -0.3 is 19.7 Å². The topological polar surface area (TPSA) is 105 Å². The van der Waals surface area contributed by atoms with E-state index in [0.29, 0.717) is 24.5 Å². The molecule has 3 aromatic rings. The SMILES string of the molecule is CCCCNC(=O)[C@@H](C)N(CCc1ccccc1)C(=O)CN(c1ccccc1OC)S(=O)(=O)c1ccc(OC)cc1. The van der Waals surface area contributed by atoms with Crippen LogP contribution in [0.5, 0.6) is 11.5 Å². The van der Waals surface area contributed by atoms with Crippen LogP contribution < -0.4 is 19.1 Å². The van der Waals surface area contributed by atoms with Gasteiger partial charge in [0.1, 0.15) is 24.1 Å². The lowest BCUT2D eigenvalue weighted by atomic mass is 10.1. The maximum atomic E-state index is 14.0. The number of rotatable bonds is 15. The lowest BCUT2D eigenvalue weighted by Gasteiger charge is -2.32. The van der Waals surface area contributed by atoms with Crippen molar-refractivity contribution < 1.29 is 27.5 Å². The number of nitrogens with zero attached hydrogens (tertiary/aromatic N) is 2. The first-order valence-electron chi connectivity index (χ1n) is 13.6. The van der Waals surface area contributed by atoms with Gasteiger partial charge in [-0.15, -0.1) is 0 Å². The van der Waals surface area contributed by atoms with Crippen molar-refractivity contribution in [1.82, 2.24) is 10.2 Å². The van der Waals surface area contributed by atoms with Crippen molar-refractivity contribution in [3.05, 3.63) is 84.4 Å². The lowest BCUT2D eigenvalue weighted by Crippen LogP contribution is -2.52. The van der Waals surface area contributed by atoms with Gasteiger partial charge in [0.2, 0.25) is 11.8 Å². The van der Waals surface area contributed by atoms with Crippen LogP contribution in [0.15, 0.2) is 83.8 Å². The van der Waals surface area contributed by atoms with Gasteiger partial charge in [0, 0.05) is 13.1 Å². The normalized spacial score (nSPS) is 11.8. The molecule has 0 heterocycles. The third-order valence-electron chi connectivity index (χ3n) is 6.76. The van der Waals surface area contributed by atoms with E-state index in [-0.39, 0.29) is 23.0 Å². The third-order valence-corrected chi connectivity index (χ3v) is 8.54. The van der Waals surface area contributed by atoms with Crippen molar-refractivity contribution in [2.45, 2.75) is 44.0 Å². The summed E-state index contributed by atoms with van der Waals surface area (Å²) in [5.41, 5.74) is 1.21. The van der Waals surface area contributed by atoms with Crippen molar-refractivity contribution in [2.75, 3.05) is 38.2 Å². The van der Waals surface area contributed by atoms with Crippen LogP contribution in [-0.4, -0.2) is 65.0 Å². The summed E-state index contributed by atoms with van der Waals surface area (Å²) in [7, 11) is -1.29. The molecule has 1 atom stereocenters. The highest BCUT2D eigenvalue weighted by atomic mass is 32.2. The predicted octanol–water partition coefficient (Wildman–Crippen LogP) is 4.28. The zero-order chi connectivity index (χ0) is 29.8. The standard InChI is InChI=1S/C31H39N3O6S/c1-5-6-21-32-31(36)24(2)33(22-20-25-12-8-7-9-13-25)30(35)23-34(28-14-10-11-15-29(28)40-4)41(37,38)27-18-16-26(39-3)17-19-27/h7-19,24H,5-6,20-23H2,1-4H3,(H,32,36)/t24-/m1/s1. The van der Waals surface area contributed by atoms with E-state index < -0.39 is 28.5 Å². The summed E-state index contributed by atoms with van der Waals surface area (Å²) >= 11 is 0. The number of nitrogens with one attached hydrogen (secondary N) is 1. The fourth-order valence-corrected chi connectivity index (χ4v) is 5.75. The van der Waals surface area contributed by atoms with E-state index >= 15 is 0 Å². The number of hydrogen-bond donors (Lipinski definition) is 1. The monoisotopic (exact) mass is 581 g/mol. The van der Waals surface area contributed by atoms with E-state index in [9.17, 15) is 18.0 Å². The summed E-state index contributed by atoms with van der Waals surface area (Å²) in [6, 6.07) is 21.4. The number of unbranched alkanes of at least 4 members (excludes halogenated alkanes) is 1. The predicted molar refractivity (Wildman–Crippen MR) is 160 cm³/mol. The molecule has 0 saturated heterocycles. The second-order valence-electron chi connectivity index (χ2n) is 9.50. The average molecular weight is 582 g/mol. The number of benzene rings is 3. The number of amides is 2. The molecular weight excluding hydrogens is 542 g/mol. The Balaban J connectivity index is 1.99. The van der Waals surface area contributed by atoms with Crippen molar-refractivity contribution in [2.24, 2.45) is 0 Å². The van der Waals surface area contributed by atoms with Gasteiger partial charge in [-0.2, -0.15) is 0 Å². The van der Waals surface area contributed by atoms with E-state index in [1.165, 1.54) is 31.3 Å². The highest BCUT2D eigenvalue weighted by Gasteiger charge is 2.33. The van der Waals surface area contributed by atoms with Crippen LogP contribution in [0.3, 0.4) is 0 Å². The summed E-state index contributed by atoms with van der Waals surface area (Å²) in [5.74, 6) is -0.0128. The molecule has 220 valence electrons. The Morgan fingerprint density at radius 2 is 1.56 bits per heavy atom. The van der Waals surface area contributed by atoms with E-state index in [1.54, 1.807) is 43.3 Å². The first kappa shape index (κ1) is 31.5. The van der Waals surface area contributed by atoms with Gasteiger partial charge in [-0.05, 0) is 61.7 Å². The second-order valence-corrected chi connectivity index (χ2v) is 11.4. The summed E-state index contributed by atoms with van der Waals surface area (Å²) in [6.45, 7) is 3.89. The van der Waals surface area contributed by atoms with Crippen LogP contribution in [0.4, 0.5) is 5.69 Å². The molecule has 0 spiro atoms. The van der Waals surface area contributed by atoms with Gasteiger partial charge in [0.15, 0.2) is 0 Å². The van der Waals surface area contributed by atoms with Crippen molar-refractivity contribution >= 4 is 27.5 Å². The fourth-order valence-electron chi connectivity index (χ4n) is 4.33. The minimum Gasteiger partial charge on any atom is -0.497 e. The van der Waals surface area contributed by atoms with Crippen LogP contribution in [0.2, 0.25) is 0 Å². The molecule has 3 aromatic carbocycles. The quantitative estimate of drug-likeness (QED) is 0.269. The second kappa shape index (κ2) is 15.1. The van der Waals surface area contributed by atoms with Gasteiger partial charge in [0.05, 0.1) is 24.8 Å². The molecule has 9 nitrogen and oxygen atoms in total. The molecule has 0 unspecified atom stereocenters. The lowest BCUT2D eigenvalue weighted by molar-refractivity contribution is -0.138. The number of carbonyl (C=O) groups excluding carboxylic acids is 2. The summed E-state index contributed by atoms with van der Waals surface area (Å²) in [5, 5.41) is 2.89. The van der Waals surface area contributed by atoms with Crippen LogP contribution in [0, 0.1) is 0 Å². The largest absolute Gasteiger partial charge is 0.497 e. The molecule has 41 heavy (non-hydrogen) atoms. The number of para-hydroxylation sites is 2. The molecule has 0 saturated carbocycles. The van der Waals surface area contributed by atoms with Gasteiger partial charge in [-0.3, -0.25) is 13.9 Å². The molecule has 0 aromatic heterocycles. The molecule has 0 aliphatic rings. The molecule has 3 rings (SSSR count). The smallest absolute Gasteiger partial charge is 0.264 e. The van der Waals surface area contributed by atoms with Gasteiger partial charge in [-0.1, -0.05) is 55.8 Å². The minimum atomic E-state index is -4.22. The summed E-state index contributed by atoms with van der Waals surface area (Å²) < 4.78 is 39.7. The molecule has 2 amide bonds. The summed E-state index contributed by atoms with van der Waals surface area (Å²) in [6.07, 6.45) is 2.24. The zero-order valence-electron chi connectivity index (χ0n) is 24.1. The molecule has 0 aliphatic heterocycles. The maximum Gasteiger partial charge on any atom is 0.264 e. The number of methoxy groups -OCH3 is 2. The Bertz CT molecular complexity index is 1380. The Labute approximate surface area is 243 Å². The number of ether oxygens (including phenoxy) is 2. The van der Waals surface area contributed by atoms with Gasteiger partial charge in [0.25, 0.3) is 10.0 Å². The number of sulfonamides is 1. The summed E-state index contributed by atoms with van der Waals surface area (Å²) in [4.78, 5) is 28.5. The Kier molecular flexibility index (Phi) is 11.6. The molecule has 0 bridgehead atoms. The highest BCUT2D eigenvalue weighted by molar-refractivity contribution is 7.92. The number of carbonyl (C=O) groups is 2. The van der Waals surface area contributed by atoms with Crippen LogP contribution in [-0.2, 0) is 26.0 Å². The highest BCUT2D eigenvalue weighted by Crippen LogP contribution is 2.33. The van der Waals surface area contributed by atoms with E-state index in [0.717, 1.165) is 22.7 Å². The Morgan fingerprint density at radius 3 is 2.20 bits per heavy atom. The van der Waals surface area contributed by atoms with Crippen molar-refractivity contribution in [3.8, 4) is 11.5 Å². The Morgan fingerprint density at radius 1 is 0.902 bits per heavy atom. The first-order valence-corrected chi connectivity index (χ1v) is 15.1. The van der Waals surface area contributed by atoms with Crippen LogP contribution >= 0.6 is 0 Å². The maximum absolute atomic E-state index is 14.0.